The summed E-state index contributed by atoms with van der Waals surface area (Å²) >= 11 is 1.60. The summed E-state index contributed by atoms with van der Waals surface area (Å²) in [5.74, 6) is 1.30. The van der Waals surface area contributed by atoms with Crippen LogP contribution in [0.4, 0.5) is 5.82 Å². The number of aryl methyl sites for hydroxylation is 2. The van der Waals surface area contributed by atoms with Crippen LogP contribution in [0.15, 0.2) is 34.7 Å². The lowest BCUT2D eigenvalue weighted by Crippen LogP contribution is -2.37. The Morgan fingerprint density at radius 1 is 1.26 bits per heavy atom. The number of hydrogen-bond acceptors (Lipinski definition) is 6. The minimum Gasteiger partial charge on any atom is -0.481 e. The molecular formula is C27H34N2O4S. The predicted molar refractivity (Wildman–Crippen MR) is 138 cm³/mol. The number of aliphatic hydroxyl groups is 1. The molecule has 34 heavy (non-hydrogen) atoms. The van der Waals surface area contributed by atoms with E-state index in [9.17, 15) is 15.0 Å². The first kappa shape index (κ1) is 24.6. The Morgan fingerprint density at radius 3 is 2.53 bits per heavy atom. The predicted octanol–water partition coefficient (Wildman–Crippen LogP) is 6.33. The zero-order valence-electron chi connectivity index (χ0n) is 20.6. The molecule has 3 aromatic rings. The fraction of sp³-hybridized carbons (Fsp3) is 0.481. The SMILES string of the molecule is CSN(CCCC(O)C(C)(C)C(=O)O)c1nc2oc(-c3ccc(C)cc3)c(C)c2cc1C1CC1. The Bertz CT molecular complexity index is 1180. The molecular weight excluding hydrogens is 448 g/mol. The van der Waals surface area contributed by atoms with Crippen molar-refractivity contribution in [2.75, 3.05) is 17.1 Å². The van der Waals surface area contributed by atoms with E-state index in [0.717, 1.165) is 40.9 Å². The Labute approximate surface area is 205 Å². The summed E-state index contributed by atoms with van der Waals surface area (Å²) in [5.41, 5.74) is 4.08. The average Bonchev–Trinajstić information content (AvgIpc) is 3.60. The van der Waals surface area contributed by atoms with Crippen molar-refractivity contribution in [3.63, 3.8) is 0 Å². The molecule has 1 aliphatic carbocycles. The molecule has 1 unspecified atom stereocenters. The van der Waals surface area contributed by atoms with E-state index >= 15 is 0 Å². The highest BCUT2D eigenvalue weighted by atomic mass is 32.2. The largest absolute Gasteiger partial charge is 0.481 e. The number of hydrogen-bond donors (Lipinski definition) is 2. The molecule has 1 atom stereocenters. The van der Waals surface area contributed by atoms with Crippen molar-refractivity contribution in [2.24, 2.45) is 5.41 Å². The van der Waals surface area contributed by atoms with Gasteiger partial charge in [-0.05, 0) is 70.9 Å². The number of pyridine rings is 1. The van der Waals surface area contributed by atoms with Gasteiger partial charge >= 0.3 is 5.97 Å². The van der Waals surface area contributed by atoms with E-state index in [1.54, 1.807) is 25.8 Å². The molecule has 1 aliphatic rings. The zero-order chi connectivity index (χ0) is 24.6. The highest BCUT2D eigenvalue weighted by Gasteiger charge is 2.35. The summed E-state index contributed by atoms with van der Waals surface area (Å²) < 4.78 is 8.43. The lowest BCUT2D eigenvalue weighted by molar-refractivity contribution is -0.153. The van der Waals surface area contributed by atoms with Gasteiger partial charge in [-0.3, -0.25) is 4.79 Å². The number of anilines is 1. The molecule has 4 rings (SSSR count). The van der Waals surface area contributed by atoms with Gasteiger partial charge in [0.05, 0.1) is 11.5 Å². The Balaban J connectivity index is 1.62. The first-order valence-corrected chi connectivity index (χ1v) is 13.1. The quantitative estimate of drug-likeness (QED) is 0.327. The molecule has 2 N–H and O–H groups in total. The molecule has 0 saturated heterocycles. The summed E-state index contributed by atoms with van der Waals surface area (Å²) in [6.45, 7) is 7.97. The highest BCUT2D eigenvalue weighted by molar-refractivity contribution is 7.99. The summed E-state index contributed by atoms with van der Waals surface area (Å²) in [7, 11) is 0. The molecule has 1 fully saturated rings. The van der Waals surface area contributed by atoms with Gasteiger partial charge in [0.2, 0.25) is 5.71 Å². The van der Waals surface area contributed by atoms with Crippen LogP contribution in [0.2, 0.25) is 0 Å². The van der Waals surface area contributed by atoms with Gasteiger partial charge in [-0.25, -0.2) is 0 Å². The number of nitrogens with zero attached hydrogens (tertiary/aromatic N) is 2. The third-order valence-corrected chi connectivity index (χ3v) is 7.75. The van der Waals surface area contributed by atoms with Gasteiger partial charge in [0.1, 0.15) is 11.6 Å². The topological polar surface area (TPSA) is 86.8 Å². The van der Waals surface area contributed by atoms with E-state index in [4.69, 9.17) is 9.40 Å². The molecule has 7 heteroatoms. The number of carbonyl (C=O) groups is 1. The van der Waals surface area contributed by atoms with Crippen molar-refractivity contribution in [2.45, 2.75) is 65.4 Å². The van der Waals surface area contributed by atoms with Gasteiger partial charge in [-0.15, -0.1) is 0 Å². The molecule has 0 spiro atoms. The van der Waals surface area contributed by atoms with Crippen LogP contribution in [0.3, 0.4) is 0 Å². The summed E-state index contributed by atoms with van der Waals surface area (Å²) in [6, 6.07) is 10.6. The van der Waals surface area contributed by atoms with Crippen molar-refractivity contribution in [1.29, 1.82) is 0 Å². The molecule has 1 aromatic carbocycles. The molecule has 2 heterocycles. The molecule has 0 bridgehead atoms. The van der Waals surface area contributed by atoms with E-state index in [1.807, 2.05) is 6.26 Å². The lowest BCUT2D eigenvalue weighted by atomic mass is 9.84. The van der Waals surface area contributed by atoms with E-state index in [2.05, 4.69) is 48.5 Å². The standard InChI is InChI=1S/C27H34N2O4S/c1-16-8-10-19(11-9-16)23-17(2)20-15-21(18-12-13-18)24(28-25(20)33-23)29(34-5)14-6-7-22(30)27(3,4)26(31)32/h8-11,15,18,22,30H,6-7,12-14H2,1-5H3,(H,31,32). The Hall–Kier alpha value is -2.51. The number of aliphatic carboxylic acids is 1. The zero-order valence-corrected chi connectivity index (χ0v) is 21.4. The molecule has 0 aliphatic heterocycles. The number of aliphatic hydroxyl groups excluding tert-OH is 1. The third kappa shape index (κ3) is 4.82. The van der Waals surface area contributed by atoms with Crippen LogP contribution >= 0.6 is 11.9 Å². The second-order valence-electron chi connectivity index (χ2n) is 9.92. The van der Waals surface area contributed by atoms with E-state index in [1.165, 1.54) is 11.1 Å². The number of furan rings is 1. The van der Waals surface area contributed by atoms with Crippen molar-refractivity contribution in [1.82, 2.24) is 4.98 Å². The van der Waals surface area contributed by atoms with E-state index in [0.29, 0.717) is 31.0 Å². The van der Waals surface area contributed by atoms with Crippen molar-refractivity contribution in [3.05, 3.63) is 47.0 Å². The van der Waals surface area contributed by atoms with Crippen molar-refractivity contribution in [3.8, 4) is 11.3 Å². The van der Waals surface area contributed by atoms with Crippen molar-refractivity contribution >= 4 is 34.8 Å². The summed E-state index contributed by atoms with van der Waals surface area (Å²) in [5, 5.41) is 20.9. The number of rotatable bonds is 10. The maximum Gasteiger partial charge on any atom is 0.311 e. The van der Waals surface area contributed by atoms with E-state index < -0.39 is 17.5 Å². The van der Waals surface area contributed by atoms with Gasteiger partial charge < -0.3 is 18.9 Å². The van der Waals surface area contributed by atoms with Crippen LogP contribution in [0.1, 0.15) is 62.1 Å². The van der Waals surface area contributed by atoms with Gasteiger partial charge in [0.15, 0.2) is 0 Å². The molecule has 182 valence electrons. The smallest absolute Gasteiger partial charge is 0.311 e. The lowest BCUT2D eigenvalue weighted by Gasteiger charge is -2.27. The monoisotopic (exact) mass is 482 g/mol. The van der Waals surface area contributed by atoms with Crippen LogP contribution < -0.4 is 4.31 Å². The first-order valence-electron chi connectivity index (χ1n) is 11.9. The fourth-order valence-corrected chi connectivity index (χ4v) is 4.87. The van der Waals surface area contributed by atoms with E-state index in [-0.39, 0.29) is 0 Å². The average molecular weight is 483 g/mol. The summed E-state index contributed by atoms with van der Waals surface area (Å²) in [4.78, 5) is 16.4. The number of fused-ring (bicyclic) bond motifs is 1. The molecule has 2 aromatic heterocycles. The van der Waals surface area contributed by atoms with Crippen LogP contribution in [-0.2, 0) is 4.79 Å². The molecule has 6 nitrogen and oxygen atoms in total. The summed E-state index contributed by atoms with van der Waals surface area (Å²) in [6.07, 6.45) is 4.51. The number of carboxylic acid groups (broad SMARTS) is 1. The van der Waals surface area contributed by atoms with Gasteiger partial charge in [0, 0.05) is 29.3 Å². The second-order valence-corrected chi connectivity index (χ2v) is 10.7. The maximum absolute atomic E-state index is 11.4. The molecule has 0 radical (unpaired) electrons. The Morgan fingerprint density at radius 2 is 1.94 bits per heavy atom. The minimum atomic E-state index is -1.17. The molecule has 0 amide bonds. The van der Waals surface area contributed by atoms with Crippen LogP contribution in [0, 0.1) is 19.3 Å². The number of benzene rings is 1. The van der Waals surface area contributed by atoms with Crippen molar-refractivity contribution < 1.29 is 19.4 Å². The normalized spacial score (nSPS) is 15.0. The maximum atomic E-state index is 11.4. The Kier molecular flexibility index (Phi) is 6.97. The minimum absolute atomic E-state index is 0.412. The first-order chi connectivity index (χ1) is 16.1. The molecule has 1 saturated carbocycles. The van der Waals surface area contributed by atoms with Gasteiger partial charge in [0.25, 0.3) is 0 Å². The van der Waals surface area contributed by atoms with Crippen LogP contribution in [0.25, 0.3) is 22.4 Å². The van der Waals surface area contributed by atoms with Crippen LogP contribution in [-0.4, -0.2) is 40.1 Å². The number of carboxylic acids is 1. The third-order valence-electron chi connectivity index (χ3n) is 6.95. The van der Waals surface area contributed by atoms with Gasteiger partial charge in [-0.1, -0.05) is 41.8 Å². The number of aromatic nitrogens is 1. The van der Waals surface area contributed by atoms with Crippen LogP contribution in [0.5, 0.6) is 0 Å². The fourth-order valence-electron chi connectivity index (χ4n) is 4.23. The highest BCUT2D eigenvalue weighted by Crippen LogP contribution is 2.47. The second kappa shape index (κ2) is 9.62. The van der Waals surface area contributed by atoms with Gasteiger partial charge in [-0.2, -0.15) is 4.98 Å².